The van der Waals surface area contributed by atoms with E-state index in [-0.39, 0.29) is 23.2 Å². The van der Waals surface area contributed by atoms with Crippen LogP contribution in [0.4, 0.5) is 5.82 Å². The normalized spacial score (nSPS) is 15.1. The summed E-state index contributed by atoms with van der Waals surface area (Å²) in [5, 5.41) is 2.93. The van der Waals surface area contributed by atoms with Gasteiger partial charge in [0.2, 0.25) is 5.91 Å². The van der Waals surface area contributed by atoms with Crippen molar-refractivity contribution in [3.05, 3.63) is 17.0 Å². The molecule has 1 saturated heterocycles. The Morgan fingerprint density at radius 1 is 1.37 bits per heavy atom. The molecule has 2 heterocycles. The summed E-state index contributed by atoms with van der Waals surface area (Å²) >= 11 is 5.78. The zero-order chi connectivity index (χ0) is 13.7. The van der Waals surface area contributed by atoms with Crippen LogP contribution in [-0.4, -0.2) is 46.7 Å². The van der Waals surface area contributed by atoms with Crippen molar-refractivity contribution in [3.63, 3.8) is 0 Å². The lowest BCUT2D eigenvalue weighted by Gasteiger charge is -2.26. The van der Waals surface area contributed by atoms with Gasteiger partial charge in [-0.25, -0.2) is 9.97 Å². The number of nitrogens with zero attached hydrogens (tertiary/aromatic N) is 3. The number of carbonyl (C=O) groups is 2. The maximum atomic E-state index is 12.0. The Morgan fingerprint density at radius 2 is 2.11 bits per heavy atom. The summed E-state index contributed by atoms with van der Waals surface area (Å²) in [4.78, 5) is 32.3. The number of hydrogen-bond acceptors (Lipinski definition) is 5. The molecule has 1 N–H and O–H groups in total. The highest BCUT2D eigenvalue weighted by atomic mass is 35.5. The highest BCUT2D eigenvalue weighted by molar-refractivity contribution is 6.32. The number of anilines is 1. The van der Waals surface area contributed by atoms with E-state index in [0.717, 1.165) is 25.9 Å². The van der Waals surface area contributed by atoms with Gasteiger partial charge in [0, 0.05) is 13.1 Å². The predicted octanol–water partition coefficient (Wildman–Crippen LogP) is 1.37. The van der Waals surface area contributed by atoms with E-state index in [2.05, 4.69) is 15.3 Å². The molecule has 0 spiro atoms. The van der Waals surface area contributed by atoms with Crippen LogP contribution in [0.5, 0.6) is 0 Å². The number of hydrogen-bond donors (Lipinski definition) is 1. The van der Waals surface area contributed by atoms with Gasteiger partial charge in [0.05, 0.1) is 12.1 Å². The monoisotopic (exact) mass is 282 g/mol. The van der Waals surface area contributed by atoms with E-state index in [1.54, 1.807) is 0 Å². The van der Waals surface area contributed by atoms with Gasteiger partial charge >= 0.3 is 0 Å². The van der Waals surface area contributed by atoms with Gasteiger partial charge in [-0.1, -0.05) is 11.6 Å². The summed E-state index contributed by atoms with van der Waals surface area (Å²) < 4.78 is 0. The lowest BCUT2D eigenvalue weighted by Crippen LogP contribution is -2.39. The average Bonchev–Trinajstić information content (AvgIpc) is 2.45. The molecule has 7 heteroatoms. The third kappa shape index (κ3) is 3.41. The second kappa shape index (κ2) is 6.47. The van der Waals surface area contributed by atoms with Crippen molar-refractivity contribution in [2.75, 3.05) is 25.0 Å². The van der Waals surface area contributed by atoms with Gasteiger partial charge in [-0.05, 0) is 19.3 Å². The maximum absolute atomic E-state index is 12.0. The number of carbonyl (C=O) groups excluding carboxylic acids is 2. The van der Waals surface area contributed by atoms with Crippen molar-refractivity contribution in [1.29, 1.82) is 0 Å². The summed E-state index contributed by atoms with van der Waals surface area (Å²) in [5.41, 5.74) is 0.176. The molecule has 19 heavy (non-hydrogen) atoms. The van der Waals surface area contributed by atoms with Crippen LogP contribution in [0, 0.1) is 0 Å². The van der Waals surface area contributed by atoms with Crippen molar-refractivity contribution < 1.29 is 9.59 Å². The van der Waals surface area contributed by atoms with Gasteiger partial charge in [0.15, 0.2) is 6.29 Å². The molecule has 2 rings (SSSR count). The molecular weight excluding hydrogens is 268 g/mol. The van der Waals surface area contributed by atoms with Crippen LogP contribution in [-0.2, 0) is 4.79 Å². The Labute approximate surface area is 116 Å². The molecule has 0 saturated carbocycles. The predicted molar refractivity (Wildman–Crippen MR) is 71.4 cm³/mol. The summed E-state index contributed by atoms with van der Waals surface area (Å²) in [6, 6.07) is 0. The Bertz CT molecular complexity index is 475. The molecule has 0 aliphatic carbocycles. The number of aldehydes is 1. The lowest BCUT2D eigenvalue weighted by molar-refractivity contribution is -0.130. The molecule has 1 aromatic heterocycles. The smallest absolute Gasteiger partial charge is 0.241 e. The number of nitrogens with one attached hydrogen (secondary N) is 1. The minimum absolute atomic E-state index is 0.00582. The first-order chi connectivity index (χ1) is 9.22. The van der Waals surface area contributed by atoms with E-state index in [9.17, 15) is 9.59 Å². The van der Waals surface area contributed by atoms with Crippen LogP contribution >= 0.6 is 11.6 Å². The van der Waals surface area contributed by atoms with Crippen LogP contribution in [0.3, 0.4) is 0 Å². The number of likely N-dealkylation sites (tertiary alicyclic amines) is 1. The van der Waals surface area contributed by atoms with Crippen LogP contribution in [0.1, 0.15) is 29.6 Å². The molecular formula is C12H15ClN4O2. The Balaban J connectivity index is 1.96. The number of piperidine rings is 1. The maximum Gasteiger partial charge on any atom is 0.241 e. The van der Waals surface area contributed by atoms with Crippen molar-refractivity contribution in [1.82, 2.24) is 14.9 Å². The first kappa shape index (κ1) is 13.7. The molecule has 1 aliphatic heterocycles. The quantitative estimate of drug-likeness (QED) is 0.667. The molecule has 1 amide bonds. The van der Waals surface area contributed by atoms with Gasteiger partial charge < -0.3 is 10.2 Å². The standard InChI is InChI=1S/C12H15ClN4O2/c13-11-9(7-18)12(16-8-15-11)14-6-10(19)17-4-2-1-3-5-17/h7-8H,1-6H2,(H,14,15,16). The molecule has 1 aliphatic rings. The molecule has 0 aromatic carbocycles. The first-order valence-corrected chi connectivity index (χ1v) is 6.57. The largest absolute Gasteiger partial charge is 0.360 e. The highest BCUT2D eigenvalue weighted by Crippen LogP contribution is 2.17. The molecule has 0 radical (unpaired) electrons. The number of halogens is 1. The zero-order valence-electron chi connectivity index (χ0n) is 10.4. The fourth-order valence-electron chi connectivity index (χ4n) is 2.03. The van der Waals surface area contributed by atoms with Crippen molar-refractivity contribution >= 4 is 29.6 Å². The van der Waals surface area contributed by atoms with Gasteiger partial charge in [-0.15, -0.1) is 0 Å². The van der Waals surface area contributed by atoms with Crippen molar-refractivity contribution in [2.45, 2.75) is 19.3 Å². The summed E-state index contributed by atoms with van der Waals surface area (Å²) in [6.07, 6.45) is 5.10. The van der Waals surface area contributed by atoms with Crippen molar-refractivity contribution in [3.8, 4) is 0 Å². The lowest BCUT2D eigenvalue weighted by atomic mass is 10.1. The fraction of sp³-hybridized carbons (Fsp3) is 0.500. The number of amides is 1. The number of rotatable bonds is 4. The van der Waals surface area contributed by atoms with Crippen LogP contribution in [0.25, 0.3) is 0 Å². The minimum Gasteiger partial charge on any atom is -0.360 e. The second-order valence-electron chi connectivity index (χ2n) is 4.34. The highest BCUT2D eigenvalue weighted by Gasteiger charge is 2.17. The van der Waals surface area contributed by atoms with Crippen LogP contribution < -0.4 is 5.32 Å². The molecule has 0 bridgehead atoms. The molecule has 6 nitrogen and oxygen atoms in total. The summed E-state index contributed by atoms with van der Waals surface area (Å²) in [7, 11) is 0. The summed E-state index contributed by atoms with van der Waals surface area (Å²) in [5.74, 6) is 0.298. The van der Waals surface area contributed by atoms with Crippen LogP contribution in [0.2, 0.25) is 5.15 Å². The van der Waals surface area contributed by atoms with Crippen molar-refractivity contribution in [2.24, 2.45) is 0 Å². The van der Waals surface area contributed by atoms with Gasteiger partial charge in [-0.2, -0.15) is 0 Å². The van der Waals surface area contributed by atoms with Gasteiger partial charge in [0.25, 0.3) is 0 Å². The minimum atomic E-state index is 0.00582. The van der Waals surface area contributed by atoms with E-state index in [0.29, 0.717) is 12.1 Å². The molecule has 0 unspecified atom stereocenters. The van der Waals surface area contributed by atoms with E-state index in [1.165, 1.54) is 12.7 Å². The number of aromatic nitrogens is 2. The van der Waals surface area contributed by atoms with Gasteiger partial charge in [-0.3, -0.25) is 9.59 Å². The molecule has 1 aromatic rings. The topological polar surface area (TPSA) is 75.2 Å². The Morgan fingerprint density at radius 3 is 2.79 bits per heavy atom. The van der Waals surface area contributed by atoms with E-state index < -0.39 is 0 Å². The second-order valence-corrected chi connectivity index (χ2v) is 4.70. The Kier molecular flexibility index (Phi) is 4.68. The van der Waals surface area contributed by atoms with E-state index >= 15 is 0 Å². The molecule has 102 valence electrons. The molecule has 1 fully saturated rings. The Hall–Kier alpha value is -1.69. The van der Waals surface area contributed by atoms with E-state index in [4.69, 9.17) is 11.6 Å². The third-order valence-electron chi connectivity index (χ3n) is 3.07. The zero-order valence-corrected chi connectivity index (χ0v) is 11.2. The molecule has 0 atom stereocenters. The average molecular weight is 283 g/mol. The van der Waals surface area contributed by atoms with E-state index in [1.807, 2.05) is 4.90 Å². The fourth-order valence-corrected chi connectivity index (χ4v) is 2.21. The summed E-state index contributed by atoms with van der Waals surface area (Å²) in [6.45, 7) is 1.70. The first-order valence-electron chi connectivity index (χ1n) is 6.19. The van der Waals surface area contributed by atoms with Gasteiger partial charge in [0.1, 0.15) is 17.3 Å². The SMILES string of the molecule is O=Cc1c(Cl)ncnc1NCC(=O)N1CCCCC1. The van der Waals surface area contributed by atoms with Crippen LogP contribution in [0.15, 0.2) is 6.33 Å². The third-order valence-corrected chi connectivity index (χ3v) is 3.37.